The summed E-state index contributed by atoms with van der Waals surface area (Å²) in [5.74, 6) is 1.44. The quantitative estimate of drug-likeness (QED) is 0.322. The standard InChI is InChI=1S/C24H23N3O2S2/c1-17-9-11-19(12-10-17)30-15-13-22(28)27(16-18-6-3-4-14-25-18)24-26-23-20(29-2)7-5-8-21(23)31-24/h3-12,14H,13,15-16H2,1-2H3. The summed E-state index contributed by atoms with van der Waals surface area (Å²) in [4.78, 5) is 25.3. The van der Waals surface area contributed by atoms with Crippen molar-refractivity contribution in [3.05, 3.63) is 78.1 Å². The number of hydrogen-bond acceptors (Lipinski definition) is 6. The van der Waals surface area contributed by atoms with E-state index in [0.29, 0.717) is 29.6 Å². The minimum Gasteiger partial charge on any atom is -0.494 e. The van der Waals surface area contributed by atoms with Gasteiger partial charge in [0.15, 0.2) is 5.13 Å². The van der Waals surface area contributed by atoms with Crippen LogP contribution in [0.3, 0.4) is 0 Å². The molecule has 0 fully saturated rings. The number of fused-ring (bicyclic) bond motifs is 1. The number of thioether (sulfide) groups is 1. The molecule has 2 aromatic heterocycles. The number of carbonyl (C=O) groups is 1. The Balaban J connectivity index is 1.55. The molecule has 31 heavy (non-hydrogen) atoms. The number of aryl methyl sites for hydroxylation is 1. The summed E-state index contributed by atoms with van der Waals surface area (Å²) >= 11 is 3.18. The van der Waals surface area contributed by atoms with Crippen LogP contribution in [0, 0.1) is 6.92 Å². The van der Waals surface area contributed by atoms with Crippen molar-refractivity contribution in [2.75, 3.05) is 17.8 Å². The van der Waals surface area contributed by atoms with Crippen molar-refractivity contribution in [3.63, 3.8) is 0 Å². The molecule has 7 heteroatoms. The number of methoxy groups -OCH3 is 1. The fraction of sp³-hybridized carbons (Fsp3) is 0.208. The number of pyridine rings is 1. The maximum absolute atomic E-state index is 13.2. The number of anilines is 1. The van der Waals surface area contributed by atoms with E-state index >= 15 is 0 Å². The zero-order valence-corrected chi connectivity index (χ0v) is 19.1. The highest BCUT2D eigenvalue weighted by Gasteiger charge is 2.21. The molecule has 0 saturated heterocycles. The van der Waals surface area contributed by atoms with Crippen LogP contribution in [-0.4, -0.2) is 28.7 Å². The molecule has 0 spiro atoms. The van der Waals surface area contributed by atoms with Crippen LogP contribution in [0.5, 0.6) is 5.75 Å². The molecular weight excluding hydrogens is 426 g/mol. The molecule has 2 aromatic carbocycles. The van der Waals surface area contributed by atoms with E-state index in [1.54, 1.807) is 30.0 Å². The summed E-state index contributed by atoms with van der Waals surface area (Å²) < 4.78 is 6.43. The Hall–Kier alpha value is -2.90. The first-order valence-electron chi connectivity index (χ1n) is 9.97. The number of benzene rings is 2. The molecule has 0 aliphatic carbocycles. The maximum Gasteiger partial charge on any atom is 0.229 e. The van der Waals surface area contributed by atoms with E-state index in [1.165, 1.54) is 21.8 Å². The number of nitrogens with zero attached hydrogens (tertiary/aromatic N) is 3. The van der Waals surface area contributed by atoms with Crippen LogP contribution in [-0.2, 0) is 11.3 Å². The van der Waals surface area contributed by atoms with Crippen LogP contribution in [0.1, 0.15) is 17.7 Å². The van der Waals surface area contributed by atoms with Gasteiger partial charge in [0.1, 0.15) is 11.3 Å². The predicted molar refractivity (Wildman–Crippen MR) is 128 cm³/mol. The van der Waals surface area contributed by atoms with Crippen LogP contribution < -0.4 is 9.64 Å². The molecule has 0 radical (unpaired) electrons. The van der Waals surface area contributed by atoms with E-state index in [2.05, 4.69) is 36.2 Å². The molecular formula is C24H23N3O2S2. The van der Waals surface area contributed by atoms with Gasteiger partial charge in [-0.3, -0.25) is 14.7 Å². The number of amides is 1. The molecule has 5 nitrogen and oxygen atoms in total. The molecule has 0 atom stereocenters. The van der Waals surface area contributed by atoms with Crippen LogP contribution in [0.4, 0.5) is 5.13 Å². The van der Waals surface area contributed by atoms with E-state index in [-0.39, 0.29) is 5.91 Å². The normalized spacial score (nSPS) is 10.9. The van der Waals surface area contributed by atoms with Gasteiger partial charge in [-0.25, -0.2) is 4.98 Å². The van der Waals surface area contributed by atoms with Crippen LogP contribution >= 0.6 is 23.1 Å². The molecule has 1 amide bonds. The molecule has 0 unspecified atom stereocenters. The lowest BCUT2D eigenvalue weighted by molar-refractivity contribution is -0.118. The van der Waals surface area contributed by atoms with Gasteiger partial charge in [-0.1, -0.05) is 41.2 Å². The SMILES string of the molecule is COc1cccc2sc(N(Cc3ccccn3)C(=O)CCSc3ccc(C)cc3)nc12. The third kappa shape index (κ3) is 5.24. The van der Waals surface area contributed by atoms with Crippen molar-refractivity contribution in [3.8, 4) is 5.75 Å². The molecule has 158 valence electrons. The Labute approximate surface area is 190 Å². The minimum atomic E-state index is 0.0308. The largest absolute Gasteiger partial charge is 0.494 e. The smallest absolute Gasteiger partial charge is 0.229 e. The molecule has 2 heterocycles. The second-order valence-corrected chi connectivity index (χ2v) is 9.19. The Morgan fingerprint density at radius 2 is 1.94 bits per heavy atom. The van der Waals surface area contributed by atoms with Gasteiger partial charge in [0.25, 0.3) is 0 Å². The summed E-state index contributed by atoms with van der Waals surface area (Å²) in [7, 11) is 1.63. The average molecular weight is 450 g/mol. The first kappa shape index (κ1) is 21.3. The van der Waals surface area contributed by atoms with Gasteiger partial charge in [0.05, 0.1) is 24.0 Å². The minimum absolute atomic E-state index is 0.0308. The Morgan fingerprint density at radius 3 is 2.68 bits per heavy atom. The number of ether oxygens (including phenoxy) is 1. The number of aromatic nitrogens is 2. The van der Waals surface area contributed by atoms with Gasteiger partial charge >= 0.3 is 0 Å². The molecule has 0 aliphatic heterocycles. The number of carbonyl (C=O) groups excluding carboxylic acids is 1. The van der Waals surface area contributed by atoms with Gasteiger partial charge in [0, 0.05) is 23.3 Å². The number of rotatable bonds is 8. The van der Waals surface area contributed by atoms with E-state index in [4.69, 9.17) is 9.72 Å². The first-order valence-corrected chi connectivity index (χ1v) is 11.8. The lowest BCUT2D eigenvalue weighted by Gasteiger charge is -2.19. The van der Waals surface area contributed by atoms with E-state index in [9.17, 15) is 4.79 Å². The van der Waals surface area contributed by atoms with E-state index in [1.807, 2.05) is 36.4 Å². The molecule has 0 bridgehead atoms. The number of hydrogen-bond donors (Lipinski definition) is 0. The van der Waals surface area contributed by atoms with Crippen molar-refractivity contribution in [2.24, 2.45) is 0 Å². The molecule has 0 N–H and O–H groups in total. The zero-order chi connectivity index (χ0) is 21.6. The fourth-order valence-electron chi connectivity index (χ4n) is 3.13. The summed E-state index contributed by atoms with van der Waals surface area (Å²) in [6.45, 7) is 2.46. The third-order valence-electron chi connectivity index (χ3n) is 4.77. The molecule has 0 aliphatic rings. The topological polar surface area (TPSA) is 55.3 Å². The monoisotopic (exact) mass is 449 g/mol. The number of para-hydroxylation sites is 1. The van der Waals surface area contributed by atoms with Gasteiger partial charge in [-0.05, 0) is 43.3 Å². The van der Waals surface area contributed by atoms with Crippen molar-refractivity contribution in [2.45, 2.75) is 24.8 Å². The van der Waals surface area contributed by atoms with Crippen LogP contribution in [0.15, 0.2) is 71.8 Å². The van der Waals surface area contributed by atoms with Crippen LogP contribution in [0.2, 0.25) is 0 Å². The fourth-order valence-corrected chi connectivity index (χ4v) is 4.97. The highest BCUT2D eigenvalue weighted by atomic mass is 32.2. The maximum atomic E-state index is 13.2. The Morgan fingerprint density at radius 1 is 1.10 bits per heavy atom. The van der Waals surface area contributed by atoms with Crippen molar-refractivity contribution >= 4 is 44.4 Å². The zero-order valence-electron chi connectivity index (χ0n) is 17.4. The number of thiazole rings is 1. The lowest BCUT2D eigenvalue weighted by atomic mass is 10.2. The lowest BCUT2D eigenvalue weighted by Crippen LogP contribution is -2.30. The average Bonchev–Trinajstić information content (AvgIpc) is 3.23. The molecule has 4 rings (SSSR count). The highest BCUT2D eigenvalue weighted by Crippen LogP contribution is 2.35. The molecule has 4 aromatic rings. The van der Waals surface area contributed by atoms with E-state index in [0.717, 1.165) is 15.9 Å². The van der Waals surface area contributed by atoms with Gasteiger partial charge in [0.2, 0.25) is 5.91 Å². The van der Waals surface area contributed by atoms with Crippen molar-refractivity contribution < 1.29 is 9.53 Å². The summed E-state index contributed by atoms with van der Waals surface area (Å²) in [5, 5.41) is 0.662. The summed E-state index contributed by atoms with van der Waals surface area (Å²) in [6, 6.07) is 19.9. The second-order valence-electron chi connectivity index (χ2n) is 7.02. The van der Waals surface area contributed by atoms with E-state index < -0.39 is 0 Å². The van der Waals surface area contributed by atoms with Crippen molar-refractivity contribution in [1.29, 1.82) is 0 Å². The highest BCUT2D eigenvalue weighted by molar-refractivity contribution is 7.99. The molecule has 0 saturated carbocycles. The van der Waals surface area contributed by atoms with Gasteiger partial charge < -0.3 is 4.74 Å². The summed E-state index contributed by atoms with van der Waals surface area (Å²) in [6.07, 6.45) is 2.16. The predicted octanol–water partition coefficient (Wildman–Crippen LogP) is 5.72. The first-order chi connectivity index (χ1) is 15.1. The van der Waals surface area contributed by atoms with Crippen molar-refractivity contribution in [1.82, 2.24) is 9.97 Å². The second kappa shape index (κ2) is 9.94. The van der Waals surface area contributed by atoms with Crippen LogP contribution in [0.25, 0.3) is 10.2 Å². The Bertz CT molecular complexity index is 1160. The third-order valence-corrected chi connectivity index (χ3v) is 6.83. The Kier molecular flexibility index (Phi) is 6.84. The van der Waals surface area contributed by atoms with Gasteiger partial charge in [-0.15, -0.1) is 11.8 Å². The van der Waals surface area contributed by atoms with Gasteiger partial charge in [-0.2, -0.15) is 0 Å². The summed E-state index contributed by atoms with van der Waals surface area (Å²) in [5.41, 5.74) is 2.83.